The van der Waals surface area contributed by atoms with Crippen molar-refractivity contribution in [2.75, 3.05) is 25.4 Å². The van der Waals surface area contributed by atoms with Crippen LogP contribution < -0.4 is 11.1 Å². The van der Waals surface area contributed by atoms with Crippen LogP contribution in [0.3, 0.4) is 0 Å². The summed E-state index contributed by atoms with van der Waals surface area (Å²) in [5.41, 5.74) is 4.47. The number of alkyl halides is 3. The number of nitrogens with two attached hydrogens (primary N) is 1. The summed E-state index contributed by atoms with van der Waals surface area (Å²) in [6.45, 7) is 0.657. The number of nitrogens with zero attached hydrogens (tertiary/aromatic N) is 1. The summed E-state index contributed by atoms with van der Waals surface area (Å²) < 4.78 is 38.1. The molecule has 0 saturated carbocycles. The summed E-state index contributed by atoms with van der Waals surface area (Å²) >= 11 is 0. The van der Waals surface area contributed by atoms with Gasteiger partial charge in [0.25, 0.3) is 5.91 Å². The van der Waals surface area contributed by atoms with Gasteiger partial charge >= 0.3 is 6.18 Å². The summed E-state index contributed by atoms with van der Waals surface area (Å²) in [5.74, 6) is -0.794. The molecule has 3 N–H and O–H groups in total. The van der Waals surface area contributed by atoms with Gasteiger partial charge in [0, 0.05) is 31.7 Å². The molecule has 5 nitrogen and oxygen atoms in total. The number of anilines is 1. The number of amides is 2. The Labute approximate surface area is 118 Å². The molecule has 0 aromatic heterocycles. The monoisotopic (exact) mass is 301 g/mol. The predicted octanol–water partition coefficient (Wildman–Crippen LogP) is 1.25. The Hall–Kier alpha value is -2.25. The van der Waals surface area contributed by atoms with Gasteiger partial charge in [-0.3, -0.25) is 9.59 Å². The SMILES string of the molecule is Nc1ccc(C(F)(F)F)cc1C(=O)N1CCNC(=O)CC1. The summed E-state index contributed by atoms with van der Waals surface area (Å²) in [6.07, 6.45) is -4.43. The van der Waals surface area contributed by atoms with Crippen LogP contribution in [0.15, 0.2) is 18.2 Å². The van der Waals surface area contributed by atoms with Crippen molar-refractivity contribution in [1.82, 2.24) is 10.2 Å². The number of hydrogen-bond acceptors (Lipinski definition) is 3. The lowest BCUT2D eigenvalue weighted by Gasteiger charge is -2.21. The van der Waals surface area contributed by atoms with Crippen LogP contribution in [0.2, 0.25) is 0 Å². The molecule has 1 aliphatic rings. The molecule has 1 fully saturated rings. The van der Waals surface area contributed by atoms with Gasteiger partial charge in [-0.05, 0) is 18.2 Å². The zero-order valence-electron chi connectivity index (χ0n) is 11.0. The molecule has 1 heterocycles. The fourth-order valence-electron chi connectivity index (χ4n) is 2.06. The van der Waals surface area contributed by atoms with E-state index in [0.29, 0.717) is 0 Å². The van der Waals surface area contributed by atoms with E-state index in [-0.39, 0.29) is 43.2 Å². The third-order valence-electron chi connectivity index (χ3n) is 3.21. The van der Waals surface area contributed by atoms with Crippen molar-refractivity contribution in [2.45, 2.75) is 12.6 Å². The number of halogens is 3. The van der Waals surface area contributed by atoms with Crippen molar-refractivity contribution in [3.05, 3.63) is 29.3 Å². The van der Waals surface area contributed by atoms with E-state index in [0.717, 1.165) is 18.2 Å². The second-order valence-corrected chi connectivity index (χ2v) is 4.69. The van der Waals surface area contributed by atoms with Crippen LogP contribution in [0.4, 0.5) is 18.9 Å². The van der Waals surface area contributed by atoms with E-state index in [1.165, 1.54) is 4.90 Å². The number of nitrogen functional groups attached to an aromatic ring is 1. The van der Waals surface area contributed by atoms with Crippen molar-refractivity contribution in [2.24, 2.45) is 0 Å². The van der Waals surface area contributed by atoms with Crippen molar-refractivity contribution in [3.63, 3.8) is 0 Å². The maximum absolute atomic E-state index is 12.7. The molecule has 1 aromatic rings. The Morgan fingerprint density at radius 3 is 2.67 bits per heavy atom. The van der Waals surface area contributed by atoms with Crippen LogP contribution in [-0.4, -0.2) is 36.3 Å². The maximum Gasteiger partial charge on any atom is 0.416 e. The summed E-state index contributed by atoms with van der Waals surface area (Å²) in [4.78, 5) is 24.8. The van der Waals surface area contributed by atoms with E-state index in [2.05, 4.69) is 5.32 Å². The zero-order chi connectivity index (χ0) is 15.6. The molecule has 1 aliphatic heterocycles. The summed E-state index contributed by atoms with van der Waals surface area (Å²) in [5, 5.41) is 2.59. The lowest BCUT2D eigenvalue weighted by molar-refractivity contribution is -0.137. The fourth-order valence-corrected chi connectivity index (χ4v) is 2.06. The Morgan fingerprint density at radius 2 is 2.00 bits per heavy atom. The first kappa shape index (κ1) is 15.1. The molecular formula is C13H14F3N3O2. The van der Waals surface area contributed by atoms with Gasteiger partial charge in [-0.25, -0.2) is 0 Å². The first-order valence-electron chi connectivity index (χ1n) is 6.32. The molecule has 0 spiro atoms. The van der Waals surface area contributed by atoms with Gasteiger partial charge in [-0.2, -0.15) is 13.2 Å². The number of carbonyl (C=O) groups is 2. The number of rotatable bonds is 1. The van der Waals surface area contributed by atoms with Gasteiger partial charge in [0.2, 0.25) is 5.91 Å². The number of hydrogen-bond donors (Lipinski definition) is 2. The quantitative estimate of drug-likeness (QED) is 0.767. The van der Waals surface area contributed by atoms with Crippen LogP contribution in [0, 0.1) is 0 Å². The van der Waals surface area contributed by atoms with Crippen molar-refractivity contribution >= 4 is 17.5 Å². The molecule has 114 valence electrons. The fraction of sp³-hybridized carbons (Fsp3) is 0.385. The second kappa shape index (κ2) is 5.63. The molecule has 0 atom stereocenters. The van der Waals surface area contributed by atoms with E-state index in [1.54, 1.807) is 0 Å². The Bertz CT molecular complexity index is 572. The molecule has 1 aromatic carbocycles. The van der Waals surface area contributed by atoms with E-state index >= 15 is 0 Å². The van der Waals surface area contributed by atoms with Crippen LogP contribution in [0.1, 0.15) is 22.3 Å². The highest BCUT2D eigenvalue weighted by Gasteiger charge is 2.32. The highest BCUT2D eigenvalue weighted by Crippen LogP contribution is 2.31. The lowest BCUT2D eigenvalue weighted by atomic mass is 10.1. The molecule has 2 rings (SSSR count). The predicted molar refractivity (Wildman–Crippen MR) is 69.4 cm³/mol. The van der Waals surface area contributed by atoms with Gasteiger partial charge < -0.3 is 16.0 Å². The van der Waals surface area contributed by atoms with Gasteiger partial charge in [0.05, 0.1) is 11.1 Å². The minimum Gasteiger partial charge on any atom is -0.398 e. The molecule has 8 heteroatoms. The molecule has 0 bridgehead atoms. The first-order chi connectivity index (χ1) is 9.79. The Kier molecular flexibility index (Phi) is 4.06. The molecule has 21 heavy (non-hydrogen) atoms. The average Bonchev–Trinajstić information content (AvgIpc) is 2.62. The van der Waals surface area contributed by atoms with Gasteiger partial charge in [0.1, 0.15) is 0 Å². The van der Waals surface area contributed by atoms with Crippen LogP contribution >= 0.6 is 0 Å². The van der Waals surface area contributed by atoms with Crippen molar-refractivity contribution in [1.29, 1.82) is 0 Å². The summed E-state index contributed by atoms with van der Waals surface area (Å²) in [6, 6.07) is 2.65. The zero-order valence-corrected chi connectivity index (χ0v) is 11.0. The van der Waals surface area contributed by atoms with E-state index < -0.39 is 17.6 Å². The Balaban J connectivity index is 2.28. The van der Waals surface area contributed by atoms with Crippen LogP contribution in [0.5, 0.6) is 0 Å². The van der Waals surface area contributed by atoms with Crippen molar-refractivity contribution < 1.29 is 22.8 Å². The van der Waals surface area contributed by atoms with E-state index in [4.69, 9.17) is 5.73 Å². The highest BCUT2D eigenvalue weighted by molar-refractivity contribution is 5.99. The smallest absolute Gasteiger partial charge is 0.398 e. The van der Waals surface area contributed by atoms with Gasteiger partial charge in [0.15, 0.2) is 0 Å². The van der Waals surface area contributed by atoms with Crippen LogP contribution in [-0.2, 0) is 11.0 Å². The maximum atomic E-state index is 12.7. The largest absolute Gasteiger partial charge is 0.416 e. The first-order valence-corrected chi connectivity index (χ1v) is 6.32. The van der Waals surface area contributed by atoms with Gasteiger partial charge in [-0.1, -0.05) is 0 Å². The highest BCUT2D eigenvalue weighted by atomic mass is 19.4. The number of benzene rings is 1. The molecule has 0 unspecified atom stereocenters. The van der Waals surface area contributed by atoms with E-state index in [1.807, 2.05) is 0 Å². The minimum atomic E-state index is -4.54. The number of carbonyl (C=O) groups excluding carboxylic acids is 2. The average molecular weight is 301 g/mol. The third-order valence-corrected chi connectivity index (χ3v) is 3.21. The molecule has 1 saturated heterocycles. The van der Waals surface area contributed by atoms with E-state index in [9.17, 15) is 22.8 Å². The Morgan fingerprint density at radius 1 is 1.29 bits per heavy atom. The molecule has 0 aliphatic carbocycles. The molecule has 2 amide bonds. The lowest BCUT2D eigenvalue weighted by Crippen LogP contribution is -2.34. The topological polar surface area (TPSA) is 75.4 Å². The minimum absolute atomic E-state index is 0.0171. The van der Waals surface area contributed by atoms with Crippen LogP contribution in [0.25, 0.3) is 0 Å². The van der Waals surface area contributed by atoms with Gasteiger partial charge in [-0.15, -0.1) is 0 Å². The van der Waals surface area contributed by atoms with Crippen molar-refractivity contribution in [3.8, 4) is 0 Å². The summed E-state index contributed by atoms with van der Waals surface area (Å²) in [7, 11) is 0. The third kappa shape index (κ3) is 3.45. The normalized spacial score (nSPS) is 16.3. The molecular weight excluding hydrogens is 287 g/mol. The number of nitrogens with one attached hydrogen (secondary N) is 1. The second-order valence-electron chi connectivity index (χ2n) is 4.69. The molecule has 0 radical (unpaired) electrons. The standard InChI is InChI=1S/C13H14F3N3O2/c14-13(15,16)8-1-2-10(17)9(7-8)12(21)19-5-3-11(20)18-4-6-19/h1-2,7H,3-6,17H2,(H,18,20).